The van der Waals surface area contributed by atoms with Gasteiger partial charge in [0.05, 0.1) is 12.8 Å². The molecule has 0 aliphatic carbocycles. The van der Waals surface area contributed by atoms with Crippen LogP contribution >= 0.6 is 0 Å². The van der Waals surface area contributed by atoms with E-state index in [0.717, 1.165) is 10.6 Å². The van der Waals surface area contributed by atoms with Crippen LogP contribution in [0.25, 0.3) is 0 Å². The van der Waals surface area contributed by atoms with Crippen molar-refractivity contribution in [2.45, 2.75) is 13.5 Å². The molecule has 0 fully saturated rings. The van der Waals surface area contributed by atoms with E-state index in [-0.39, 0.29) is 18.9 Å². The molecule has 0 aliphatic rings. The maximum absolute atomic E-state index is 12.0. The van der Waals surface area contributed by atoms with Crippen LogP contribution in [0.1, 0.15) is 11.3 Å². The molecule has 2 aromatic heterocycles. The molecular formula is C13H16N4O4S. The van der Waals surface area contributed by atoms with Crippen LogP contribution in [0.2, 0.25) is 0 Å². The van der Waals surface area contributed by atoms with E-state index in [1.807, 2.05) is 0 Å². The van der Waals surface area contributed by atoms with E-state index in [0.29, 0.717) is 11.3 Å². The van der Waals surface area contributed by atoms with E-state index in [4.69, 9.17) is 4.52 Å². The van der Waals surface area contributed by atoms with Crippen molar-refractivity contribution in [2.24, 2.45) is 0 Å². The first-order chi connectivity index (χ1) is 10.3. The highest BCUT2D eigenvalue weighted by molar-refractivity contribution is 7.88. The first kappa shape index (κ1) is 16.1. The summed E-state index contributed by atoms with van der Waals surface area (Å²) in [7, 11) is -3.54. The van der Waals surface area contributed by atoms with E-state index in [1.165, 1.54) is 0 Å². The summed E-state index contributed by atoms with van der Waals surface area (Å²) < 4.78 is 29.5. The highest BCUT2D eigenvalue weighted by Gasteiger charge is 2.21. The zero-order valence-electron chi connectivity index (χ0n) is 12.2. The number of carbonyl (C=O) groups is 1. The predicted molar refractivity (Wildman–Crippen MR) is 79.4 cm³/mol. The minimum absolute atomic E-state index is 0.0674. The lowest BCUT2D eigenvalue weighted by atomic mass is 10.3. The second-order valence-corrected chi connectivity index (χ2v) is 6.75. The molecule has 118 valence electrons. The van der Waals surface area contributed by atoms with Crippen LogP contribution in [0.15, 0.2) is 35.1 Å². The van der Waals surface area contributed by atoms with Gasteiger partial charge in [0.2, 0.25) is 15.9 Å². The number of pyridine rings is 1. The molecule has 0 spiro atoms. The molecule has 2 aromatic rings. The van der Waals surface area contributed by atoms with E-state index in [2.05, 4.69) is 15.5 Å². The zero-order valence-corrected chi connectivity index (χ0v) is 13.0. The Kier molecular flexibility index (Phi) is 4.88. The number of aryl methyl sites for hydroxylation is 1. The molecular weight excluding hydrogens is 308 g/mol. The number of carbonyl (C=O) groups excluding carboxylic acids is 1. The molecule has 9 heteroatoms. The molecule has 1 amide bonds. The summed E-state index contributed by atoms with van der Waals surface area (Å²) in [6, 6.07) is 4.99. The topological polar surface area (TPSA) is 105 Å². The molecule has 1 N–H and O–H groups in total. The number of nitrogens with zero attached hydrogens (tertiary/aromatic N) is 3. The van der Waals surface area contributed by atoms with Crippen molar-refractivity contribution in [1.82, 2.24) is 14.4 Å². The number of aromatic nitrogens is 2. The average molecular weight is 324 g/mol. The summed E-state index contributed by atoms with van der Waals surface area (Å²) in [5.74, 6) is 0.297. The normalized spacial score (nSPS) is 11.6. The van der Waals surface area contributed by atoms with Gasteiger partial charge in [-0.15, -0.1) is 0 Å². The van der Waals surface area contributed by atoms with Crippen LogP contribution in [0.5, 0.6) is 0 Å². The highest BCUT2D eigenvalue weighted by atomic mass is 32.2. The fraction of sp³-hybridized carbons (Fsp3) is 0.308. The molecule has 8 nitrogen and oxygen atoms in total. The number of amides is 1. The summed E-state index contributed by atoms with van der Waals surface area (Å²) in [5.41, 5.74) is 0.693. The Hall–Kier alpha value is -2.26. The van der Waals surface area contributed by atoms with Crippen molar-refractivity contribution >= 4 is 21.7 Å². The maximum Gasteiger partial charge on any atom is 0.240 e. The van der Waals surface area contributed by atoms with Gasteiger partial charge in [-0.1, -0.05) is 11.2 Å². The first-order valence-electron chi connectivity index (χ1n) is 6.42. The number of hydrogen-bond acceptors (Lipinski definition) is 6. The number of anilines is 1. The summed E-state index contributed by atoms with van der Waals surface area (Å²) in [4.78, 5) is 15.9. The SMILES string of the molecule is Cc1cc(NC(=O)CN(Cc2cccnc2)S(C)(=O)=O)no1. The number of sulfonamides is 1. The lowest BCUT2D eigenvalue weighted by Gasteiger charge is -2.18. The van der Waals surface area contributed by atoms with Gasteiger partial charge in [0.1, 0.15) is 5.76 Å². The monoisotopic (exact) mass is 324 g/mol. The molecule has 0 bridgehead atoms. The fourth-order valence-corrected chi connectivity index (χ4v) is 2.49. The van der Waals surface area contributed by atoms with Crippen molar-refractivity contribution in [3.63, 3.8) is 0 Å². The Morgan fingerprint density at radius 3 is 2.77 bits per heavy atom. The van der Waals surface area contributed by atoms with Gasteiger partial charge in [-0.2, -0.15) is 4.31 Å². The summed E-state index contributed by atoms with van der Waals surface area (Å²) in [6.07, 6.45) is 4.20. The van der Waals surface area contributed by atoms with Crippen LogP contribution in [0, 0.1) is 6.92 Å². The van der Waals surface area contributed by atoms with Crippen molar-refractivity contribution in [3.8, 4) is 0 Å². The van der Waals surface area contributed by atoms with Gasteiger partial charge in [0, 0.05) is 25.0 Å². The molecule has 22 heavy (non-hydrogen) atoms. The van der Waals surface area contributed by atoms with E-state index in [9.17, 15) is 13.2 Å². The molecule has 0 saturated carbocycles. The van der Waals surface area contributed by atoms with Gasteiger partial charge in [0.15, 0.2) is 5.82 Å². The minimum Gasteiger partial charge on any atom is -0.360 e. The third-order valence-electron chi connectivity index (χ3n) is 2.77. The molecule has 0 saturated heterocycles. The highest BCUT2D eigenvalue weighted by Crippen LogP contribution is 2.10. The summed E-state index contributed by atoms with van der Waals surface area (Å²) >= 11 is 0. The minimum atomic E-state index is -3.54. The standard InChI is InChI=1S/C13H16N4O4S/c1-10-6-12(16-21-10)15-13(18)9-17(22(2,19)20)8-11-4-3-5-14-7-11/h3-7H,8-9H2,1-2H3,(H,15,16,18). The quantitative estimate of drug-likeness (QED) is 0.841. The molecule has 2 heterocycles. The largest absolute Gasteiger partial charge is 0.360 e. The molecule has 2 rings (SSSR count). The average Bonchev–Trinajstić information content (AvgIpc) is 2.83. The number of rotatable bonds is 6. The Balaban J connectivity index is 2.05. The summed E-state index contributed by atoms with van der Waals surface area (Å²) in [6.45, 7) is 1.44. The van der Waals surface area contributed by atoms with Crippen LogP contribution < -0.4 is 5.32 Å². The fourth-order valence-electron chi connectivity index (χ4n) is 1.75. The maximum atomic E-state index is 12.0. The van der Waals surface area contributed by atoms with Crippen molar-refractivity contribution in [2.75, 3.05) is 18.1 Å². The van der Waals surface area contributed by atoms with E-state index in [1.54, 1.807) is 37.5 Å². The molecule has 0 aromatic carbocycles. The molecule has 0 aliphatic heterocycles. The number of nitrogens with one attached hydrogen (secondary N) is 1. The predicted octanol–water partition coefficient (Wildman–Crippen LogP) is 0.778. The van der Waals surface area contributed by atoms with Crippen LogP contribution in [-0.4, -0.2) is 41.6 Å². The third-order valence-corrected chi connectivity index (χ3v) is 3.96. The van der Waals surface area contributed by atoms with Crippen LogP contribution in [-0.2, 0) is 21.4 Å². The van der Waals surface area contributed by atoms with Gasteiger partial charge >= 0.3 is 0 Å². The van der Waals surface area contributed by atoms with Gasteiger partial charge in [-0.25, -0.2) is 8.42 Å². The Labute approximate surface area is 128 Å². The van der Waals surface area contributed by atoms with Crippen LogP contribution in [0.4, 0.5) is 5.82 Å². The lowest BCUT2D eigenvalue weighted by molar-refractivity contribution is -0.116. The van der Waals surface area contributed by atoms with Gasteiger partial charge in [-0.05, 0) is 18.6 Å². The Morgan fingerprint density at radius 2 is 2.23 bits per heavy atom. The third kappa shape index (κ3) is 4.64. The van der Waals surface area contributed by atoms with Gasteiger partial charge in [0.25, 0.3) is 0 Å². The van der Waals surface area contributed by atoms with E-state index >= 15 is 0 Å². The summed E-state index contributed by atoms with van der Waals surface area (Å²) in [5, 5.41) is 6.11. The molecule has 0 unspecified atom stereocenters. The smallest absolute Gasteiger partial charge is 0.240 e. The van der Waals surface area contributed by atoms with Crippen LogP contribution in [0.3, 0.4) is 0 Å². The molecule has 0 atom stereocenters. The molecule has 0 radical (unpaired) electrons. The zero-order chi connectivity index (χ0) is 16.2. The number of hydrogen-bond donors (Lipinski definition) is 1. The Bertz CT molecular complexity index is 742. The Morgan fingerprint density at radius 1 is 1.45 bits per heavy atom. The van der Waals surface area contributed by atoms with E-state index < -0.39 is 15.9 Å². The first-order valence-corrected chi connectivity index (χ1v) is 8.26. The second-order valence-electron chi connectivity index (χ2n) is 4.76. The van der Waals surface area contributed by atoms with Crippen molar-refractivity contribution in [1.29, 1.82) is 0 Å². The lowest BCUT2D eigenvalue weighted by Crippen LogP contribution is -2.37. The van der Waals surface area contributed by atoms with Gasteiger partial charge in [-0.3, -0.25) is 9.78 Å². The van der Waals surface area contributed by atoms with Crippen molar-refractivity contribution < 1.29 is 17.7 Å². The van der Waals surface area contributed by atoms with Crippen molar-refractivity contribution in [3.05, 3.63) is 41.9 Å². The van der Waals surface area contributed by atoms with Gasteiger partial charge < -0.3 is 9.84 Å². The second kappa shape index (κ2) is 6.67.